The van der Waals surface area contributed by atoms with Crippen molar-refractivity contribution in [1.29, 1.82) is 0 Å². The van der Waals surface area contributed by atoms with Crippen molar-refractivity contribution in [2.75, 3.05) is 11.9 Å². The minimum Gasteiger partial charge on any atom is -0.354 e. The van der Waals surface area contributed by atoms with Gasteiger partial charge in [-0.2, -0.15) is 0 Å². The van der Waals surface area contributed by atoms with Crippen molar-refractivity contribution in [3.63, 3.8) is 0 Å². The molecule has 0 fully saturated rings. The summed E-state index contributed by atoms with van der Waals surface area (Å²) in [7, 11) is 0. The van der Waals surface area contributed by atoms with Gasteiger partial charge in [0.25, 0.3) is 0 Å². The number of nitrogens with zero attached hydrogens (tertiary/aromatic N) is 2. The molecule has 3 N–H and O–H groups in total. The highest BCUT2D eigenvalue weighted by atomic mass is 32.1. The molecular weight excluding hydrogens is 350 g/mol. The fraction of sp³-hybridized carbons (Fsp3) is 0.333. The standard InChI is InChI=1S/C18H21N5O2S/c1-12(2)21-16(24)8-11-20-17(25)23-18-22-13(3)15(26-18)5-4-14-6-9-19-10-7-14/h6-7,9-10,12H,8,11H2,1-3H3,(H,21,24)(H2,20,22,23,25). The van der Waals surface area contributed by atoms with E-state index in [1.54, 1.807) is 12.4 Å². The lowest BCUT2D eigenvalue weighted by Gasteiger charge is -2.08. The van der Waals surface area contributed by atoms with Gasteiger partial charge in [-0.1, -0.05) is 17.3 Å². The molecule has 0 aromatic carbocycles. The third-order valence-corrected chi connectivity index (χ3v) is 4.09. The quantitative estimate of drug-likeness (QED) is 0.703. The van der Waals surface area contributed by atoms with E-state index >= 15 is 0 Å². The Morgan fingerprint density at radius 2 is 1.96 bits per heavy atom. The van der Waals surface area contributed by atoms with Crippen LogP contribution in [0.1, 0.15) is 36.4 Å². The maximum absolute atomic E-state index is 11.9. The minimum atomic E-state index is -0.398. The smallest absolute Gasteiger partial charge is 0.321 e. The molecule has 0 aliphatic carbocycles. The number of carbonyl (C=O) groups is 2. The number of thiazole rings is 1. The SMILES string of the molecule is Cc1nc(NC(=O)NCCC(=O)NC(C)C)sc1C#Cc1ccncc1. The number of urea groups is 1. The summed E-state index contributed by atoms with van der Waals surface area (Å²) in [6, 6.07) is 3.34. The van der Waals surface area contributed by atoms with Gasteiger partial charge in [0.05, 0.1) is 5.69 Å². The summed E-state index contributed by atoms with van der Waals surface area (Å²) in [6.45, 7) is 5.87. The van der Waals surface area contributed by atoms with E-state index in [2.05, 4.69) is 37.8 Å². The van der Waals surface area contributed by atoms with Crippen molar-refractivity contribution < 1.29 is 9.59 Å². The number of nitrogens with one attached hydrogen (secondary N) is 3. The number of rotatable bonds is 5. The van der Waals surface area contributed by atoms with E-state index in [9.17, 15) is 9.59 Å². The Morgan fingerprint density at radius 1 is 1.23 bits per heavy atom. The maximum Gasteiger partial charge on any atom is 0.321 e. The number of hydrogen-bond donors (Lipinski definition) is 3. The van der Waals surface area contributed by atoms with Crippen LogP contribution in [0.25, 0.3) is 0 Å². The fourth-order valence-electron chi connectivity index (χ4n) is 1.96. The summed E-state index contributed by atoms with van der Waals surface area (Å²) >= 11 is 1.30. The van der Waals surface area contributed by atoms with Gasteiger partial charge in [0, 0.05) is 37.0 Å². The number of amides is 3. The van der Waals surface area contributed by atoms with Gasteiger partial charge < -0.3 is 10.6 Å². The number of aryl methyl sites for hydroxylation is 1. The Hall–Kier alpha value is -2.92. The molecule has 0 spiro atoms. The first kappa shape index (κ1) is 19.4. The zero-order chi connectivity index (χ0) is 18.9. The predicted octanol–water partition coefficient (Wildman–Crippen LogP) is 2.28. The maximum atomic E-state index is 11.9. The number of aromatic nitrogens is 2. The molecule has 7 nitrogen and oxygen atoms in total. The monoisotopic (exact) mass is 371 g/mol. The molecule has 26 heavy (non-hydrogen) atoms. The van der Waals surface area contributed by atoms with Crippen molar-refractivity contribution >= 4 is 28.4 Å². The molecular formula is C18H21N5O2S. The molecule has 0 aliphatic heterocycles. The number of pyridine rings is 1. The van der Waals surface area contributed by atoms with Crippen molar-refractivity contribution in [2.45, 2.75) is 33.2 Å². The van der Waals surface area contributed by atoms with Crippen LogP contribution in [0.15, 0.2) is 24.5 Å². The number of hydrogen-bond acceptors (Lipinski definition) is 5. The average Bonchev–Trinajstić information content (AvgIpc) is 2.92. The molecule has 0 saturated heterocycles. The van der Waals surface area contributed by atoms with Crippen molar-refractivity contribution in [3.8, 4) is 11.8 Å². The van der Waals surface area contributed by atoms with Crippen LogP contribution in [-0.4, -0.2) is 34.5 Å². The molecule has 136 valence electrons. The second-order valence-electron chi connectivity index (χ2n) is 5.77. The van der Waals surface area contributed by atoms with E-state index in [1.165, 1.54) is 11.3 Å². The Morgan fingerprint density at radius 3 is 2.65 bits per heavy atom. The molecule has 0 bridgehead atoms. The average molecular weight is 371 g/mol. The van der Waals surface area contributed by atoms with Gasteiger partial charge in [0.15, 0.2) is 5.13 Å². The van der Waals surface area contributed by atoms with Crippen LogP contribution in [0, 0.1) is 18.8 Å². The summed E-state index contributed by atoms with van der Waals surface area (Å²) in [5.74, 6) is 5.99. The first-order chi connectivity index (χ1) is 12.4. The third kappa shape index (κ3) is 6.53. The van der Waals surface area contributed by atoms with Crippen LogP contribution in [0.4, 0.5) is 9.93 Å². The Balaban J connectivity index is 1.86. The summed E-state index contributed by atoms with van der Waals surface area (Å²) in [5.41, 5.74) is 1.61. The molecule has 8 heteroatoms. The first-order valence-electron chi connectivity index (χ1n) is 8.17. The summed E-state index contributed by atoms with van der Waals surface area (Å²) in [4.78, 5) is 32.4. The largest absolute Gasteiger partial charge is 0.354 e. The van der Waals surface area contributed by atoms with E-state index in [-0.39, 0.29) is 24.9 Å². The van der Waals surface area contributed by atoms with E-state index in [4.69, 9.17) is 0 Å². The van der Waals surface area contributed by atoms with Crippen molar-refractivity contribution in [1.82, 2.24) is 20.6 Å². The van der Waals surface area contributed by atoms with Crippen LogP contribution in [0.5, 0.6) is 0 Å². The Labute approximate surface area is 156 Å². The topological polar surface area (TPSA) is 96.0 Å². The molecule has 2 heterocycles. The minimum absolute atomic E-state index is 0.0845. The number of carbonyl (C=O) groups excluding carboxylic acids is 2. The molecule has 0 saturated carbocycles. The lowest BCUT2D eigenvalue weighted by Crippen LogP contribution is -2.35. The zero-order valence-electron chi connectivity index (χ0n) is 14.9. The highest BCUT2D eigenvalue weighted by Crippen LogP contribution is 2.21. The Kier molecular flexibility index (Phi) is 7.12. The molecule has 2 aromatic rings. The van der Waals surface area contributed by atoms with E-state index in [1.807, 2.05) is 32.9 Å². The van der Waals surface area contributed by atoms with E-state index in [0.29, 0.717) is 5.13 Å². The molecule has 0 aliphatic rings. The highest BCUT2D eigenvalue weighted by molar-refractivity contribution is 7.16. The Bertz CT molecular complexity index is 821. The molecule has 0 atom stereocenters. The third-order valence-electron chi connectivity index (χ3n) is 3.11. The number of anilines is 1. The van der Waals surface area contributed by atoms with Gasteiger partial charge in [-0.15, -0.1) is 0 Å². The summed E-state index contributed by atoms with van der Waals surface area (Å²) < 4.78 is 0. The van der Waals surface area contributed by atoms with E-state index < -0.39 is 6.03 Å². The van der Waals surface area contributed by atoms with Gasteiger partial charge in [-0.3, -0.25) is 15.1 Å². The van der Waals surface area contributed by atoms with Crippen LogP contribution >= 0.6 is 11.3 Å². The zero-order valence-corrected chi connectivity index (χ0v) is 15.7. The van der Waals surface area contributed by atoms with Crippen molar-refractivity contribution in [3.05, 3.63) is 40.7 Å². The van der Waals surface area contributed by atoms with Crippen molar-refractivity contribution in [2.24, 2.45) is 0 Å². The molecule has 2 rings (SSSR count). The second-order valence-corrected chi connectivity index (χ2v) is 6.77. The van der Waals surface area contributed by atoms with Crippen LogP contribution < -0.4 is 16.0 Å². The highest BCUT2D eigenvalue weighted by Gasteiger charge is 2.09. The summed E-state index contributed by atoms with van der Waals surface area (Å²) in [6.07, 6.45) is 3.59. The van der Waals surface area contributed by atoms with Gasteiger partial charge >= 0.3 is 6.03 Å². The fourth-order valence-corrected chi connectivity index (χ4v) is 2.77. The van der Waals surface area contributed by atoms with Gasteiger partial charge in [-0.25, -0.2) is 9.78 Å². The van der Waals surface area contributed by atoms with E-state index in [0.717, 1.165) is 16.1 Å². The predicted molar refractivity (Wildman–Crippen MR) is 102 cm³/mol. The molecule has 3 amide bonds. The molecule has 0 unspecified atom stereocenters. The second kappa shape index (κ2) is 9.53. The molecule has 0 radical (unpaired) electrons. The van der Waals surface area contributed by atoms with Gasteiger partial charge in [0.2, 0.25) is 5.91 Å². The van der Waals surface area contributed by atoms with Crippen LogP contribution in [0.2, 0.25) is 0 Å². The van der Waals surface area contributed by atoms with Gasteiger partial charge in [-0.05, 0) is 38.8 Å². The normalized spacial score (nSPS) is 10.0. The molecule has 2 aromatic heterocycles. The first-order valence-corrected chi connectivity index (χ1v) is 8.99. The van der Waals surface area contributed by atoms with Crippen LogP contribution in [0.3, 0.4) is 0 Å². The lowest BCUT2D eigenvalue weighted by molar-refractivity contribution is -0.121. The lowest BCUT2D eigenvalue weighted by atomic mass is 10.2. The van der Waals surface area contributed by atoms with Gasteiger partial charge in [0.1, 0.15) is 4.88 Å². The summed E-state index contributed by atoms with van der Waals surface area (Å²) in [5, 5.41) is 8.53. The van der Waals surface area contributed by atoms with Crippen LogP contribution in [-0.2, 0) is 4.79 Å².